The summed E-state index contributed by atoms with van der Waals surface area (Å²) >= 11 is 0. The maximum Gasteiger partial charge on any atom is 0.306 e. The molecule has 1 atom stereocenters. The van der Waals surface area contributed by atoms with Gasteiger partial charge >= 0.3 is 11.9 Å². The molecule has 37 heavy (non-hydrogen) atoms. The summed E-state index contributed by atoms with van der Waals surface area (Å²) in [6, 6.07) is 0. The van der Waals surface area contributed by atoms with Crippen molar-refractivity contribution >= 4 is 11.9 Å². The van der Waals surface area contributed by atoms with E-state index >= 15 is 0 Å². The number of ether oxygens (including phenoxy) is 1. The second kappa shape index (κ2) is 29.2. The largest absolute Gasteiger partial charge is 0.481 e. The van der Waals surface area contributed by atoms with Gasteiger partial charge in [0.1, 0.15) is 6.10 Å². The van der Waals surface area contributed by atoms with E-state index in [4.69, 9.17) is 9.84 Å². The van der Waals surface area contributed by atoms with Crippen LogP contribution in [-0.4, -0.2) is 23.1 Å². The molecule has 0 aromatic rings. The molecule has 1 N–H and O–H groups in total. The normalized spacial score (nSPS) is 12.3. The Kier molecular flexibility index (Phi) is 28.2. The fraction of sp³-hybridized carbons (Fsp3) is 0.879. The molecule has 0 aliphatic heterocycles. The van der Waals surface area contributed by atoms with E-state index in [1.807, 2.05) is 0 Å². The number of carboxylic acids is 1. The number of unbranched alkanes of at least 4 members (excludes halogenated alkanes) is 18. The lowest BCUT2D eigenvalue weighted by molar-refractivity contribution is -0.150. The molecule has 4 heteroatoms. The summed E-state index contributed by atoms with van der Waals surface area (Å²) < 4.78 is 5.93. The van der Waals surface area contributed by atoms with Crippen LogP contribution in [0.5, 0.6) is 0 Å². The van der Waals surface area contributed by atoms with E-state index in [1.54, 1.807) is 0 Å². The Bertz CT molecular complexity index is 528. The third kappa shape index (κ3) is 29.1. The lowest BCUT2D eigenvalue weighted by Gasteiger charge is -2.18. The fourth-order valence-electron chi connectivity index (χ4n) is 4.81. The second-order valence-electron chi connectivity index (χ2n) is 11.0. The summed E-state index contributed by atoms with van der Waals surface area (Å²) in [7, 11) is 0. The van der Waals surface area contributed by atoms with Crippen molar-refractivity contribution in [1.82, 2.24) is 0 Å². The highest BCUT2D eigenvalue weighted by Crippen LogP contribution is 2.18. The van der Waals surface area contributed by atoms with E-state index in [1.165, 1.54) is 96.3 Å². The van der Waals surface area contributed by atoms with Gasteiger partial charge in [-0.15, -0.1) is 0 Å². The lowest BCUT2D eigenvalue weighted by Crippen LogP contribution is -2.18. The highest BCUT2D eigenvalue weighted by atomic mass is 16.5. The van der Waals surface area contributed by atoms with Crippen LogP contribution in [0.3, 0.4) is 0 Å². The van der Waals surface area contributed by atoms with Gasteiger partial charge < -0.3 is 9.84 Å². The number of aliphatic carboxylic acids is 1. The van der Waals surface area contributed by atoms with Crippen LogP contribution in [0.4, 0.5) is 0 Å². The number of esters is 1. The summed E-state index contributed by atoms with van der Waals surface area (Å²) in [4.78, 5) is 23.0. The predicted octanol–water partition coefficient (Wildman–Crippen LogP) is 10.7. The van der Waals surface area contributed by atoms with Crippen LogP contribution in [0, 0.1) is 0 Å². The van der Waals surface area contributed by atoms with Crippen molar-refractivity contribution in [2.24, 2.45) is 0 Å². The van der Waals surface area contributed by atoms with E-state index in [0.717, 1.165) is 57.8 Å². The summed E-state index contributed by atoms with van der Waals surface area (Å²) in [5.74, 6) is -0.670. The zero-order valence-electron chi connectivity index (χ0n) is 24.8. The zero-order valence-corrected chi connectivity index (χ0v) is 24.8. The molecule has 0 spiro atoms. The van der Waals surface area contributed by atoms with Gasteiger partial charge in [-0.05, 0) is 57.8 Å². The van der Waals surface area contributed by atoms with Crippen LogP contribution in [0.15, 0.2) is 12.2 Å². The van der Waals surface area contributed by atoms with Gasteiger partial charge in [0.05, 0.1) is 0 Å². The Hall–Kier alpha value is -1.32. The average Bonchev–Trinajstić information content (AvgIpc) is 2.88. The van der Waals surface area contributed by atoms with Crippen LogP contribution >= 0.6 is 0 Å². The van der Waals surface area contributed by atoms with Gasteiger partial charge in [-0.3, -0.25) is 9.59 Å². The minimum Gasteiger partial charge on any atom is -0.481 e. The number of hydrogen-bond donors (Lipinski definition) is 1. The summed E-state index contributed by atoms with van der Waals surface area (Å²) in [5.41, 5.74) is 0. The van der Waals surface area contributed by atoms with Crippen LogP contribution in [-0.2, 0) is 14.3 Å². The van der Waals surface area contributed by atoms with Crippen LogP contribution < -0.4 is 0 Å². The highest BCUT2D eigenvalue weighted by Gasteiger charge is 2.14. The maximum atomic E-state index is 12.5. The Balaban J connectivity index is 3.87. The molecule has 4 nitrogen and oxygen atoms in total. The number of carbonyl (C=O) groups excluding carboxylic acids is 1. The molecule has 0 rings (SSSR count). The molecule has 0 heterocycles. The smallest absolute Gasteiger partial charge is 0.306 e. The fourth-order valence-corrected chi connectivity index (χ4v) is 4.81. The molecule has 0 amide bonds. The molecule has 0 bridgehead atoms. The minimum absolute atomic E-state index is 0.0130. The first-order valence-corrected chi connectivity index (χ1v) is 16.2. The first-order valence-electron chi connectivity index (χ1n) is 16.2. The highest BCUT2D eigenvalue weighted by molar-refractivity contribution is 5.69. The molecular formula is C33H62O4. The van der Waals surface area contributed by atoms with Gasteiger partial charge in [0.2, 0.25) is 0 Å². The van der Waals surface area contributed by atoms with Gasteiger partial charge in [-0.1, -0.05) is 122 Å². The van der Waals surface area contributed by atoms with Gasteiger partial charge in [-0.25, -0.2) is 0 Å². The van der Waals surface area contributed by atoms with Crippen LogP contribution in [0.25, 0.3) is 0 Å². The topological polar surface area (TPSA) is 63.6 Å². The summed E-state index contributed by atoms with van der Waals surface area (Å²) in [6.07, 6.45) is 33.8. The number of rotatable bonds is 29. The standard InChI is InChI=1S/C33H62O4/c1-3-5-7-9-10-11-12-13-14-19-22-26-30-33(36)37-31(27-23-8-6-4-2)28-24-20-17-15-16-18-21-25-29-32(34)35/h9-10,31H,3-8,11-30H2,1-2H3,(H,34,35)/b10-9-. The van der Waals surface area contributed by atoms with Crippen molar-refractivity contribution in [2.75, 3.05) is 0 Å². The molecule has 0 aromatic heterocycles. The molecule has 0 aromatic carbocycles. The van der Waals surface area contributed by atoms with Crippen LogP contribution in [0.1, 0.15) is 181 Å². The van der Waals surface area contributed by atoms with E-state index in [9.17, 15) is 9.59 Å². The Morgan fingerprint density at radius 3 is 1.54 bits per heavy atom. The van der Waals surface area contributed by atoms with Gasteiger partial charge in [0.15, 0.2) is 0 Å². The van der Waals surface area contributed by atoms with Gasteiger partial charge in [-0.2, -0.15) is 0 Å². The third-order valence-electron chi connectivity index (χ3n) is 7.24. The molecule has 0 aliphatic rings. The first-order chi connectivity index (χ1) is 18.1. The molecule has 0 fully saturated rings. The van der Waals surface area contributed by atoms with E-state index in [0.29, 0.717) is 12.8 Å². The van der Waals surface area contributed by atoms with Crippen molar-refractivity contribution in [2.45, 2.75) is 187 Å². The molecule has 0 saturated carbocycles. The maximum absolute atomic E-state index is 12.5. The van der Waals surface area contributed by atoms with Crippen molar-refractivity contribution in [3.8, 4) is 0 Å². The SMILES string of the molecule is CCCC/C=C\CCCCCCCCC(=O)OC(CCCCCC)CCCCCCCCCCC(=O)O. The van der Waals surface area contributed by atoms with Gasteiger partial charge in [0.25, 0.3) is 0 Å². The van der Waals surface area contributed by atoms with Crippen molar-refractivity contribution in [1.29, 1.82) is 0 Å². The van der Waals surface area contributed by atoms with Crippen molar-refractivity contribution in [3.05, 3.63) is 12.2 Å². The molecule has 1 unspecified atom stereocenters. The van der Waals surface area contributed by atoms with Crippen LogP contribution in [0.2, 0.25) is 0 Å². The van der Waals surface area contributed by atoms with E-state index in [-0.39, 0.29) is 12.1 Å². The number of carbonyl (C=O) groups is 2. The molecule has 218 valence electrons. The monoisotopic (exact) mass is 522 g/mol. The zero-order chi connectivity index (χ0) is 27.2. The number of hydrogen-bond acceptors (Lipinski definition) is 3. The quantitative estimate of drug-likeness (QED) is 0.0602. The predicted molar refractivity (Wildman–Crippen MR) is 158 cm³/mol. The summed E-state index contributed by atoms with van der Waals surface area (Å²) in [6.45, 7) is 4.47. The van der Waals surface area contributed by atoms with Crippen molar-refractivity contribution in [3.63, 3.8) is 0 Å². The summed E-state index contributed by atoms with van der Waals surface area (Å²) in [5, 5.41) is 8.68. The third-order valence-corrected chi connectivity index (χ3v) is 7.24. The number of allylic oxidation sites excluding steroid dienone is 2. The average molecular weight is 523 g/mol. The number of carboxylic acid groups (broad SMARTS) is 1. The Labute approximate surface area is 230 Å². The van der Waals surface area contributed by atoms with Crippen molar-refractivity contribution < 1.29 is 19.4 Å². The lowest BCUT2D eigenvalue weighted by atomic mass is 10.0. The molecule has 0 saturated heterocycles. The van der Waals surface area contributed by atoms with E-state index in [2.05, 4.69) is 26.0 Å². The van der Waals surface area contributed by atoms with E-state index < -0.39 is 5.97 Å². The molecule has 0 radical (unpaired) electrons. The minimum atomic E-state index is -0.683. The second-order valence-corrected chi connectivity index (χ2v) is 11.0. The molecular weight excluding hydrogens is 460 g/mol. The van der Waals surface area contributed by atoms with Gasteiger partial charge in [0, 0.05) is 12.8 Å². The molecule has 0 aliphatic carbocycles. The Morgan fingerprint density at radius 2 is 1.00 bits per heavy atom. The Morgan fingerprint density at radius 1 is 0.568 bits per heavy atom. The first kappa shape index (κ1) is 35.7.